The first kappa shape index (κ1) is 15.7. The fourth-order valence-corrected chi connectivity index (χ4v) is 2.22. The maximum absolute atomic E-state index is 11.9. The molecule has 8 heteroatoms. The van der Waals surface area contributed by atoms with Gasteiger partial charge in [0.2, 0.25) is 0 Å². The zero-order valence-corrected chi connectivity index (χ0v) is 12.7. The van der Waals surface area contributed by atoms with Crippen LogP contribution in [0.25, 0.3) is 22.9 Å². The van der Waals surface area contributed by atoms with Gasteiger partial charge in [-0.2, -0.15) is 0 Å². The Bertz CT molecular complexity index is 1020. The number of fused-ring (bicyclic) bond motifs is 1. The average Bonchev–Trinajstić information content (AvgIpc) is 2.56. The van der Waals surface area contributed by atoms with Crippen LogP contribution in [0.1, 0.15) is 11.3 Å². The summed E-state index contributed by atoms with van der Waals surface area (Å²) in [4.78, 5) is 26.1. The number of aromatic nitrogens is 1. The van der Waals surface area contributed by atoms with Gasteiger partial charge >= 0.3 is 5.63 Å². The first-order chi connectivity index (χ1) is 11.4. The van der Waals surface area contributed by atoms with Crippen molar-refractivity contribution in [2.24, 2.45) is 0 Å². The summed E-state index contributed by atoms with van der Waals surface area (Å²) in [6.45, 7) is 0. The van der Waals surface area contributed by atoms with Crippen LogP contribution in [0.3, 0.4) is 0 Å². The second kappa shape index (κ2) is 6.13. The number of aliphatic hydroxyl groups excluding tert-OH is 1. The molecular weight excluding hydrogens is 336 g/mol. The molecule has 0 unspecified atom stereocenters. The fourth-order valence-electron chi connectivity index (χ4n) is 2.05. The lowest BCUT2D eigenvalue weighted by molar-refractivity contribution is -0.384. The van der Waals surface area contributed by atoms with Crippen LogP contribution in [0.2, 0.25) is 5.02 Å². The van der Waals surface area contributed by atoms with E-state index < -0.39 is 10.5 Å². The number of nitro benzene ring substituents is 1. The van der Waals surface area contributed by atoms with Gasteiger partial charge in [0.15, 0.2) is 11.3 Å². The maximum atomic E-state index is 11.9. The quantitative estimate of drug-likeness (QED) is 0.440. The Morgan fingerprint density at radius 3 is 2.62 bits per heavy atom. The molecule has 0 aliphatic carbocycles. The van der Waals surface area contributed by atoms with E-state index in [1.54, 1.807) is 6.07 Å². The first-order valence-corrected chi connectivity index (χ1v) is 7.08. The molecule has 0 spiro atoms. The number of aliphatic hydroxyl groups is 1. The number of hydrogen-bond donors (Lipinski definition) is 1. The number of nitro groups is 1. The van der Waals surface area contributed by atoms with Gasteiger partial charge in [0.25, 0.3) is 5.69 Å². The van der Waals surface area contributed by atoms with E-state index in [4.69, 9.17) is 16.0 Å². The summed E-state index contributed by atoms with van der Waals surface area (Å²) < 4.78 is 5.11. The van der Waals surface area contributed by atoms with Crippen LogP contribution in [-0.2, 0) is 0 Å². The van der Waals surface area contributed by atoms with Crippen LogP contribution in [-0.4, -0.2) is 15.0 Å². The highest BCUT2D eigenvalue weighted by molar-refractivity contribution is 6.31. The van der Waals surface area contributed by atoms with E-state index >= 15 is 0 Å². The first-order valence-electron chi connectivity index (χ1n) is 6.70. The van der Waals surface area contributed by atoms with Gasteiger partial charge in [-0.1, -0.05) is 11.6 Å². The Labute approximate surface area is 139 Å². The lowest BCUT2D eigenvalue weighted by Crippen LogP contribution is -2.06. The summed E-state index contributed by atoms with van der Waals surface area (Å²) in [5.41, 5.74) is -0.00217. The van der Waals surface area contributed by atoms with E-state index in [-0.39, 0.29) is 22.7 Å². The van der Waals surface area contributed by atoms with E-state index in [1.165, 1.54) is 36.4 Å². The van der Waals surface area contributed by atoms with Gasteiger partial charge < -0.3 is 9.52 Å². The minimum atomic E-state index is -0.724. The molecule has 0 atom stereocenters. The summed E-state index contributed by atoms with van der Waals surface area (Å²) in [6.07, 6.45) is 1.13. The molecule has 24 heavy (non-hydrogen) atoms. The molecule has 2 aromatic carbocycles. The molecule has 3 rings (SSSR count). The van der Waals surface area contributed by atoms with Gasteiger partial charge in [0, 0.05) is 28.8 Å². The Balaban J connectivity index is 2.03. The van der Waals surface area contributed by atoms with Gasteiger partial charge in [-0.25, -0.2) is 9.78 Å². The molecule has 0 amide bonds. The van der Waals surface area contributed by atoms with Crippen LogP contribution in [0.4, 0.5) is 5.69 Å². The zero-order chi connectivity index (χ0) is 17.3. The number of benzene rings is 2. The minimum absolute atomic E-state index is 0.107. The van der Waals surface area contributed by atoms with Crippen molar-refractivity contribution in [3.63, 3.8) is 0 Å². The van der Waals surface area contributed by atoms with E-state index in [2.05, 4.69) is 4.98 Å². The van der Waals surface area contributed by atoms with E-state index in [0.29, 0.717) is 16.1 Å². The van der Waals surface area contributed by atoms with E-state index in [0.717, 1.165) is 6.08 Å². The van der Waals surface area contributed by atoms with Crippen LogP contribution in [0, 0.1) is 10.1 Å². The van der Waals surface area contributed by atoms with Crippen LogP contribution < -0.4 is 5.63 Å². The highest BCUT2D eigenvalue weighted by Crippen LogP contribution is 2.20. The largest absolute Gasteiger partial charge is 0.507 e. The smallest absolute Gasteiger partial charge is 0.362 e. The van der Waals surface area contributed by atoms with Gasteiger partial charge in [0.05, 0.1) is 4.92 Å². The Morgan fingerprint density at radius 1 is 1.25 bits per heavy atom. The predicted octanol–water partition coefficient (Wildman–Crippen LogP) is 3.81. The lowest BCUT2D eigenvalue weighted by Gasteiger charge is -2.01. The normalized spacial score (nSPS) is 11.6. The molecule has 3 aromatic rings. The van der Waals surface area contributed by atoms with Crippen LogP contribution in [0.5, 0.6) is 0 Å². The Kier molecular flexibility index (Phi) is 4.01. The predicted molar refractivity (Wildman–Crippen MR) is 88.9 cm³/mol. The van der Waals surface area contributed by atoms with Crippen molar-refractivity contribution >= 4 is 40.2 Å². The fraction of sp³-hybridized carbons (Fsp3) is 0. The summed E-state index contributed by atoms with van der Waals surface area (Å²) in [7, 11) is 0. The highest BCUT2D eigenvalue weighted by Gasteiger charge is 2.10. The van der Waals surface area contributed by atoms with Gasteiger partial charge in [0.1, 0.15) is 11.3 Å². The van der Waals surface area contributed by atoms with Gasteiger partial charge in [-0.15, -0.1) is 0 Å². The molecule has 0 aliphatic rings. The van der Waals surface area contributed by atoms with Gasteiger partial charge in [-0.05, 0) is 30.3 Å². The molecular formula is C16H9ClN2O5. The number of hydrogen-bond acceptors (Lipinski definition) is 6. The topological polar surface area (TPSA) is 106 Å². The molecule has 0 saturated carbocycles. The summed E-state index contributed by atoms with van der Waals surface area (Å²) in [5.74, 6) is -0.272. The standard InChI is InChI=1S/C16H9ClN2O5/c17-10-3-6-15-12(7-10)18-13(16(21)24-15)8-14(20)9-1-4-11(5-2-9)19(22)23/h1-8,20H. The summed E-state index contributed by atoms with van der Waals surface area (Å²) in [5, 5.41) is 21.2. The van der Waals surface area contributed by atoms with Crippen LogP contribution >= 0.6 is 11.6 Å². The second-order valence-electron chi connectivity index (χ2n) is 4.83. The van der Waals surface area contributed by atoms with Crippen molar-refractivity contribution in [3.8, 4) is 0 Å². The SMILES string of the molecule is O=c1oc2ccc(Cl)cc2nc1C=C(O)c1ccc([N+](=O)[O-])cc1. The lowest BCUT2D eigenvalue weighted by atomic mass is 10.1. The van der Waals surface area contributed by atoms with E-state index in [9.17, 15) is 20.0 Å². The maximum Gasteiger partial charge on any atom is 0.362 e. The van der Waals surface area contributed by atoms with Crippen LogP contribution in [0.15, 0.2) is 51.7 Å². The molecule has 0 fully saturated rings. The third-order valence-electron chi connectivity index (χ3n) is 3.22. The molecule has 0 bridgehead atoms. The van der Waals surface area contributed by atoms with Crippen molar-refractivity contribution in [2.75, 3.05) is 0 Å². The van der Waals surface area contributed by atoms with Crippen molar-refractivity contribution < 1.29 is 14.4 Å². The third kappa shape index (κ3) is 3.11. The molecule has 0 radical (unpaired) electrons. The van der Waals surface area contributed by atoms with E-state index in [1.807, 2.05) is 0 Å². The van der Waals surface area contributed by atoms with Crippen molar-refractivity contribution in [1.82, 2.24) is 4.98 Å². The third-order valence-corrected chi connectivity index (χ3v) is 3.46. The highest BCUT2D eigenvalue weighted by atomic mass is 35.5. The van der Waals surface area contributed by atoms with Crippen molar-refractivity contribution in [3.05, 3.63) is 79.3 Å². The number of rotatable bonds is 3. The molecule has 1 N–H and O–H groups in total. The molecule has 1 heterocycles. The molecule has 7 nitrogen and oxygen atoms in total. The number of nitrogens with zero attached hydrogens (tertiary/aromatic N) is 2. The molecule has 1 aromatic heterocycles. The number of halogens is 1. The Morgan fingerprint density at radius 2 is 1.96 bits per heavy atom. The summed E-state index contributed by atoms with van der Waals surface area (Å²) >= 11 is 5.87. The van der Waals surface area contributed by atoms with Crippen molar-refractivity contribution in [2.45, 2.75) is 0 Å². The zero-order valence-electron chi connectivity index (χ0n) is 12.0. The molecule has 0 aliphatic heterocycles. The average molecular weight is 345 g/mol. The second-order valence-corrected chi connectivity index (χ2v) is 5.27. The minimum Gasteiger partial charge on any atom is -0.507 e. The monoisotopic (exact) mass is 344 g/mol. The van der Waals surface area contributed by atoms with Crippen molar-refractivity contribution in [1.29, 1.82) is 0 Å². The number of non-ortho nitro benzene ring substituents is 1. The molecule has 0 saturated heterocycles. The Hall–Kier alpha value is -3.19. The molecule has 120 valence electrons. The van der Waals surface area contributed by atoms with Gasteiger partial charge in [-0.3, -0.25) is 10.1 Å². The summed E-state index contributed by atoms with van der Waals surface area (Å²) in [6, 6.07) is 9.84.